The zero-order valence-corrected chi connectivity index (χ0v) is 16.5. The molecule has 1 amide bonds. The van der Waals surface area contributed by atoms with Crippen molar-refractivity contribution in [3.63, 3.8) is 0 Å². The average molecular weight is 391 g/mol. The third-order valence-corrected chi connectivity index (χ3v) is 6.20. The molecule has 146 valence electrons. The molecule has 1 aliphatic heterocycles. The normalized spacial score (nSPS) is 20.1. The van der Waals surface area contributed by atoms with E-state index in [4.69, 9.17) is 0 Å². The van der Waals surface area contributed by atoms with Crippen molar-refractivity contribution in [3.8, 4) is 0 Å². The number of benzene rings is 1. The van der Waals surface area contributed by atoms with Gasteiger partial charge in [-0.2, -0.15) is 5.10 Å². The Balaban J connectivity index is 1.69. The van der Waals surface area contributed by atoms with Gasteiger partial charge >= 0.3 is 0 Å². The SMILES string of the molecule is CC(C)NS(=O)(=O)c1ccc(NC(=O)[C@H]2CNC[C@@H]2c2cnn(C)c2)cc1. The monoisotopic (exact) mass is 391 g/mol. The smallest absolute Gasteiger partial charge is 0.240 e. The number of carbonyl (C=O) groups excluding carboxylic acids is 1. The number of anilines is 1. The van der Waals surface area contributed by atoms with E-state index in [1.54, 1.807) is 36.9 Å². The molecule has 1 fully saturated rings. The topological polar surface area (TPSA) is 105 Å². The molecule has 2 heterocycles. The maximum atomic E-state index is 12.7. The molecule has 0 unspecified atom stereocenters. The minimum absolute atomic E-state index is 0.0635. The molecule has 0 aliphatic carbocycles. The van der Waals surface area contributed by atoms with Crippen LogP contribution in [-0.4, -0.2) is 43.2 Å². The van der Waals surface area contributed by atoms with Crippen molar-refractivity contribution >= 4 is 21.6 Å². The number of aryl methyl sites for hydroxylation is 1. The summed E-state index contributed by atoms with van der Waals surface area (Å²) in [6, 6.07) is 6.01. The Bertz CT molecular complexity index is 905. The predicted octanol–water partition coefficient (Wildman–Crippen LogP) is 1.05. The summed E-state index contributed by atoms with van der Waals surface area (Å²) >= 11 is 0. The Morgan fingerprint density at radius 2 is 1.96 bits per heavy atom. The molecule has 0 bridgehead atoms. The Morgan fingerprint density at radius 3 is 2.56 bits per heavy atom. The lowest BCUT2D eigenvalue weighted by molar-refractivity contribution is -0.119. The molecule has 1 aliphatic rings. The second-order valence-electron chi connectivity index (χ2n) is 7.11. The highest BCUT2D eigenvalue weighted by molar-refractivity contribution is 7.89. The fourth-order valence-corrected chi connectivity index (χ4v) is 4.52. The van der Waals surface area contributed by atoms with Crippen LogP contribution in [0.2, 0.25) is 0 Å². The summed E-state index contributed by atoms with van der Waals surface area (Å²) in [6.45, 7) is 4.85. The van der Waals surface area contributed by atoms with Crippen LogP contribution in [0.15, 0.2) is 41.6 Å². The molecule has 27 heavy (non-hydrogen) atoms. The van der Waals surface area contributed by atoms with Crippen LogP contribution in [0.3, 0.4) is 0 Å². The second kappa shape index (κ2) is 7.79. The van der Waals surface area contributed by atoms with Crippen LogP contribution in [0, 0.1) is 5.92 Å². The van der Waals surface area contributed by atoms with Crippen molar-refractivity contribution in [1.29, 1.82) is 0 Å². The summed E-state index contributed by atoms with van der Waals surface area (Å²) < 4.78 is 28.6. The van der Waals surface area contributed by atoms with Gasteiger partial charge in [0.1, 0.15) is 0 Å². The van der Waals surface area contributed by atoms with E-state index in [9.17, 15) is 13.2 Å². The van der Waals surface area contributed by atoms with E-state index in [0.29, 0.717) is 12.2 Å². The molecule has 3 N–H and O–H groups in total. The third-order valence-electron chi connectivity index (χ3n) is 4.53. The van der Waals surface area contributed by atoms with Crippen LogP contribution in [0.25, 0.3) is 0 Å². The maximum Gasteiger partial charge on any atom is 0.240 e. The van der Waals surface area contributed by atoms with Gasteiger partial charge in [0.25, 0.3) is 0 Å². The van der Waals surface area contributed by atoms with Crippen LogP contribution in [0.4, 0.5) is 5.69 Å². The van der Waals surface area contributed by atoms with Gasteiger partial charge in [0.2, 0.25) is 15.9 Å². The van der Waals surface area contributed by atoms with Gasteiger partial charge in [0, 0.05) is 44.0 Å². The maximum absolute atomic E-state index is 12.7. The third kappa shape index (κ3) is 4.55. The molecule has 1 aromatic carbocycles. The number of rotatable bonds is 6. The minimum Gasteiger partial charge on any atom is -0.326 e. The number of hydrogen-bond acceptors (Lipinski definition) is 5. The first kappa shape index (κ1) is 19.5. The highest BCUT2D eigenvalue weighted by atomic mass is 32.2. The van der Waals surface area contributed by atoms with E-state index in [2.05, 4.69) is 20.5 Å². The summed E-state index contributed by atoms with van der Waals surface area (Å²) in [7, 11) is -1.69. The van der Waals surface area contributed by atoms with Crippen molar-refractivity contribution in [2.24, 2.45) is 13.0 Å². The summed E-state index contributed by atoms with van der Waals surface area (Å²) in [6.07, 6.45) is 3.72. The van der Waals surface area contributed by atoms with Gasteiger partial charge in [0.05, 0.1) is 17.0 Å². The van der Waals surface area contributed by atoms with Gasteiger partial charge in [-0.3, -0.25) is 9.48 Å². The number of nitrogens with zero attached hydrogens (tertiary/aromatic N) is 2. The van der Waals surface area contributed by atoms with Gasteiger partial charge in [-0.1, -0.05) is 0 Å². The number of hydrogen-bond donors (Lipinski definition) is 3. The van der Waals surface area contributed by atoms with E-state index in [-0.39, 0.29) is 28.7 Å². The highest BCUT2D eigenvalue weighted by Gasteiger charge is 2.34. The molecular formula is C18H25N5O3S. The van der Waals surface area contributed by atoms with Crippen molar-refractivity contribution in [3.05, 3.63) is 42.2 Å². The van der Waals surface area contributed by atoms with Crippen LogP contribution in [-0.2, 0) is 21.9 Å². The van der Waals surface area contributed by atoms with E-state index in [1.807, 2.05) is 13.2 Å². The quantitative estimate of drug-likeness (QED) is 0.683. The molecule has 3 rings (SSSR count). The van der Waals surface area contributed by atoms with Gasteiger partial charge in [0.15, 0.2) is 0 Å². The lowest BCUT2D eigenvalue weighted by atomic mass is 9.90. The first-order valence-electron chi connectivity index (χ1n) is 8.89. The molecular weight excluding hydrogens is 366 g/mol. The number of aromatic nitrogens is 2. The standard InChI is InChI=1S/C18H25N5O3S/c1-12(2)22-27(25,26)15-6-4-14(5-7-15)21-18(24)17-10-19-9-16(17)13-8-20-23(3)11-13/h4-8,11-12,16-17,19,22H,9-10H2,1-3H3,(H,21,24)/t16-,17+/m1/s1. The molecule has 2 atom stereocenters. The van der Waals surface area contributed by atoms with Gasteiger partial charge in [-0.15, -0.1) is 0 Å². The van der Waals surface area contributed by atoms with Crippen molar-refractivity contribution in [1.82, 2.24) is 19.8 Å². The van der Waals surface area contributed by atoms with E-state index in [1.165, 1.54) is 12.1 Å². The van der Waals surface area contributed by atoms with Gasteiger partial charge in [-0.05, 0) is 43.7 Å². The van der Waals surface area contributed by atoms with E-state index in [0.717, 1.165) is 12.1 Å². The zero-order valence-electron chi connectivity index (χ0n) is 15.6. The molecule has 1 aromatic heterocycles. The highest BCUT2D eigenvalue weighted by Crippen LogP contribution is 2.29. The summed E-state index contributed by atoms with van der Waals surface area (Å²) in [5, 5.41) is 10.3. The summed E-state index contributed by atoms with van der Waals surface area (Å²) in [5.74, 6) is -0.237. The largest absolute Gasteiger partial charge is 0.326 e. The molecule has 1 saturated heterocycles. The predicted molar refractivity (Wildman–Crippen MR) is 103 cm³/mol. The van der Waals surface area contributed by atoms with Crippen LogP contribution in [0.1, 0.15) is 25.3 Å². The Labute approximate surface area is 159 Å². The lowest BCUT2D eigenvalue weighted by Crippen LogP contribution is -2.30. The number of amides is 1. The van der Waals surface area contributed by atoms with Gasteiger partial charge < -0.3 is 10.6 Å². The summed E-state index contributed by atoms with van der Waals surface area (Å²) in [4.78, 5) is 12.9. The minimum atomic E-state index is -3.54. The molecule has 8 nitrogen and oxygen atoms in total. The number of sulfonamides is 1. The fourth-order valence-electron chi connectivity index (χ4n) is 3.27. The van der Waals surface area contributed by atoms with Crippen molar-refractivity contribution < 1.29 is 13.2 Å². The summed E-state index contributed by atoms with van der Waals surface area (Å²) in [5.41, 5.74) is 1.60. The van der Waals surface area contributed by atoms with E-state index >= 15 is 0 Å². The fraction of sp³-hybridized carbons (Fsp3) is 0.444. The first-order chi connectivity index (χ1) is 12.8. The molecule has 0 spiro atoms. The van der Waals surface area contributed by atoms with Crippen LogP contribution < -0.4 is 15.4 Å². The number of carbonyl (C=O) groups is 1. The molecule has 0 radical (unpaired) electrons. The van der Waals surface area contributed by atoms with E-state index < -0.39 is 10.0 Å². The zero-order chi connectivity index (χ0) is 19.6. The first-order valence-corrected chi connectivity index (χ1v) is 10.4. The van der Waals surface area contributed by atoms with Crippen LogP contribution in [0.5, 0.6) is 0 Å². The Morgan fingerprint density at radius 1 is 1.26 bits per heavy atom. The van der Waals surface area contributed by atoms with Crippen LogP contribution >= 0.6 is 0 Å². The molecule has 0 saturated carbocycles. The second-order valence-corrected chi connectivity index (χ2v) is 8.82. The lowest BCUT2D eigenvalue weighted by Gasteiger charge is -2.17. The average Bonchev–Trinajstić information content (AvgIpc) is 3.22. The van der Waals surface area contributed by atoms with Crippen molar-refractivity contribution in [2.45, 2.75) is 30.7 Å². The Hall–Kier alpha value is -2.23. The van der Waals surface area contributed by atoms with Crippen molar-refractivity contribution in [2.75, 3.05) is 18.4 Å². The molecule has 9 heteroatoms. The molecule has 2 aromatic rings. The number of nitrogens with one attached hydrogen (secondary N) is 3. The Kier molecular flexibility index (Phi) is 5.64. The van der Waals surface area contributed by atoms with Gasteiger partial charge in [-0.25, -0.2) is 13.1 Å².